The number of amides is 3. The molecule has 31 heavy (non-hydrogen) atoms. The molecule has 0 bridgehead atoms. The van der Waals surface area contributed by atoms with Gasteiger partial charge in [0.2, 0.25) is 5.75 Å². The van der Waals surface area contributed by atoms with Crippen LogP contribution in [0, 0.1) is 10.1 Å². The quantitative estimate of drug-likeness (QED) is 0.396. The summed E-state index contributed by atoms with van der Waals surface area (Å²) in [6, 6.07) is 10.0. The lowest BCUT2D eigenvalue weighted by molar-refractivity contribution is -0.386. The van der Waals surface area contributed by atoms with Crippen LogP contribution in [-0.4, -0.2) is 28.6 Å². The number of allylic oxidation sites excluding steroid dienone is 1. The van der Waals surface area contributed by atoms with Crippen molar-refractivity contribution in [3.05, 3.63) is 75.0 Å². The number of nitrogens with one attached hydrogen (secondary N) is 3. The Bertz CT molecular complexity index is 1050. The minimum absolute atomic E-state index is 0.0188. The Kier molecular flexibility index (Phi) is 6.39. The highest BCUT2D eigenvalue weighted by Crippen LogP contribution is 2.43. The molecular weight excluding hydrogens is 404 g/mol. The third kappa shape index (κ3) is 4.58. The van der Waals surface area contributed by atoms with Gasteiger partial charge in [-0.2, -0.15) is 0 Å². The van der Waals surface area contributed by atoms with Crippen molar-refractivity contribution in [3.8, 4) is 11.5 Å². The number of nitro benzene ring substituents is 1. The maximum atomic E-state index is 13.0. The van der Waals surface area contributed by atoms with E-state index in [2.05, 4.69) is 16.0 Å². The zero-order chi connectivity index (χ0) is 22.5. The molecule has 3 rings (SSSR count). The number of rotatable bonds is 7. The summed E-state index contributed by atoms with van der Waals surface area (Å²) in [5, 5.41) is 29.8. The van der Waals surface area contributed by atoms with E-state index >= 15 is 0 Å². The summed E-state index contributed by atoms with van der Waals surface area (Å²) in [4.78, 5) is 36.3. The lowest BCUT2D eigenvalue weighted by atomic mass is 9.93. The number of phenolic OH excluding ortho intramolecular Hbond substituents is 1. The van der Waals surface area contributed by atoms with E-state index in [-0.39, 0.29) is 35.7 Å². The van der Waals surface area contributed by atoms with Crippen molar-refractivity contribution in [2.45, 2.75) is 26.4 Å². The molecule has 0 radical (unpaired) electrons. The van der Waals surface area contributed by atoms with E-state index < -0.39 is 34.3 Å². The third-order valence-electron chi connectivity index (χ3n) is 4.73. The van der Waals surface area contributed by atoms with Gasteiger partial charge in [0, 0.05) is 12.2 Å². The van der Waals surface area contributed by atoms with E-state index in [0.29, 0.717) is 0 Å². The summed E-state index contributed by atoms with van der Waals surface area (Å²) >= 11 is 0. The maximum Gasteiger partial charge on any atom is 0.320 e. The zero-order valence-electron chi connectivity index (χ0n) is 17.0. The van der Waals surface area contributed by atoms with Crippen molar-refractivity contribution < 1.29 is 24.4 Å². The van der Waals surface area contributed by atoms with Crippen molar-refractivity contribution in [2.24, 2.45) is 0 Å². The lowest BCUT2D eigenvalue weighted by Crippen LogP contribution is -2.47. The molecule has 10 nitrogen and oxygen atoms in total. The van der Waals surface area contributed by atoms with E-state index in [4.69, 9.17) is 4.74 Å². The molecule has 2 aromatic rings. The molecule has 1 heterocycles. The number of nitro groups is 1. The first kappa shape index (κ1) is 21.6. The number of ether oxygens (including phenoxy) is 1. The first-order valence-electron chi connectivity index (χ1n) is 9.57. The minimum atomic E-state index is -1.12. The van der Waals surface area contributed by atoms with Crippen LogP contribution in [0.1, 0.15) is 31.0 Å². The van der Waals surface area contributed by atoms with E-state index in [1.54, 1.807) is 13.8 Å². The molecule has 0 saturated heterocycles. The molecule has 0 aromatic heterocycles. The van der Waals surface area contributed by atoms with Crippen LogP contribution in [0.5, 0.6) is 11.5 Å². The highest BCUT2D eigenvalue weighted by molar-refractivity contribution is 5.99. The number of carbonyl (C=O) groups excluding carboxylic acids is 2. The molecule has 1 unspecified atom stereocenters. The number of phenols is 1. The highest BCUT2D eigenvalue weighted by Gasteiger charge is 2.37. The van der Waals surface area contributed by atoms with Gasteiger partial charge in [-0.3, -0.25) is 14.9 Å². The standard InChI is InChI=1S/C21H22N4O6/c1-3-31-19-15(26)10-9-14(18(19)25(29)30)17-16(12(2)23-21(28)24-17)20(27)22-11-13-7-5-4-6-8-13/h4-10,17,26H,3,11H2,1-2H3,(H,22,27)(H2,23,24,28). The molecule has 1 aliphatic heterocycles. The Morgan fingerprint density at radius 2 is 1.97 bits per heavy atom. The molecule has 0 spiro atoms. The summed E-state index contributed by atoms with van der Waals surface area (Å²) in [6.07, 6.45) is 0. The van der Waals surface area contributed by atoms with Crippen molar-refractivity contribution in [2.75, 3.05) is 6.61 Å². The Labute approximate surface area is 178 Å². The molecule has 0 aliphatic carbocycles. The van der Waals surface area contributed by atoms with Crippen molar-refractivity contribution in [1.29, 1.82) is 0 Å². The number of hydrogen-bond acceptors (Lipinski definition) is 6. The molecule has 1 aliphatic rings. The first-order valence-corrected chi connectivity index (χ1v) is 9.57. The van der Waals surface area contributed by atoms with E-state index in [1.807, 2.05) is 30.3 Å². The van der Waals surface area contributed by atoms with Gasteiger partial charge in [-0.1, -0.05) is 30.3 Å². The third-order valence-corrected chi connectivity index (χ3v) is 4.73. The molecule has 2 aromatic carbocycles. The number of urea groups is 1. The van der Waals surface area contributed by atoms with Gasteiger partial charge in [0.15, 0.2) is 5.75 Å². The lowest BCUT2D eigenvalue weighted by Gasteiger charge is -2.28. The van der Waals surface area contributed by atoms with Gasteiger partial charge in [-0.15, -0.1) is 0 Å². The smallest absolute Gasteiger partial charge is 0.320 e. The molecule has 0 saturated carbocycles. The fourth-order valence-electron chi connectivity index (χ4n) is 3.39. The van der Waals surface area contributed by atoms with Gasteiger partial charge in [0.25, 0.3) is 5.91 Å². The molecule has 10 heteroatoms. The predicted molar refractivity (Wildman–Crippen MR) is 111 cm³/mol. The molecule has 4 N–H and O–H groups in total. The van der Waals surface area contributed by atoms with Crippen LogP contribution >= 0.6 is 0 Å². The van der Waals surface area contributed by atoms with Gasteiger partial charge in [-0.25, -0.2) is 4.79 Å². The molecule has 1 atom stereocenters. The SMILES string of the molecule is CCOc1c(O)ccc(C2NC(=O)NC(C)=C2C(=O)NCc2ccccc2)c1[N+](=O)[O-]. The van der Waals surface area contributed by atoms with Crippen molar-refractivity contribution in [3.63, 3.8) is 0 Å². The van der Waals surface area contributed by atoms with E-state index in [9.17, 15) is 24.8 Å². The summed E-state index contributed by atoms with van der Waals surface area (Å²) in [6.45, 7) is 3.47. The predicted octanol–water partition coefficient (Wildman–Crippen LogP) is 2.64. The van der Waals surface area contributed by atoms with Crippen molar-refractivity contribution >= 4 is 17.6 Å². The number of hydrogen-bond donors (Lipinski definition) is 4. The van der Waals surface area contributed by atoms with E-state index in [0.717, 1.165) is 5.56 Å². The Hall–Kier alpha value is -4.08. The monoisotopic (exact) mass is 426 g/mol. The summed E-state index contributed by atoms with van der Waals surface area (Å²) in [7, 11) is 0. The number of carbonyl (C=O) groups is 2. The van der Waals surface area contributed by atoms with Gasteiger partial charge < -0.3 is 25.8 Å². The van der Waals surface area contributed by atoms with Crippen LogP contribution in [-0.2, 0) is 11.3 Å². The van der Waals surface area contributed by atoms with Crippen molar-refractivity contribution in [1.82, 2.24) is 16.0 Å². The number of aromatic hydroxyl groups is 1. The van der Waals surface area contributed by atoms with Crippen LogP contribution in [0.2, 0.25) is 0 Å². The van der Waals surface area contributed by atoms with Crippen LogP contribution in [0.25, 0.3) is 0 Å². The topological polar surface area (TPSA) is 143 Å². The highest BCUT2D eigenvalue weighted by atomic mass is 16.6. The Morgan fingerprint density at radius 3 is 2.61 bits per heavy atom. The second-order valence-corrected chi connectivity index (χ2v) is 6.78. The normalized spacial score (nSPS) is 15.7. The second kappa shape index (κ2) is 9.16. The molecule has 3 amide bonds. The second-order valence-electron chi connectivity index (χ2n) is 6.78. The average molecular weight is 426 g/mol. The average Bonchev–Trinajstić information content (AvgIpc) is 2.73. The van der Waals surface area contributed by atoms with Gasteiger partial charge in [-0.05, 0) is 31.5 Å². The van der Waals surface area contributed by atoms with Gasteiger partial charge in [0.05, 0.1) is 28.7 Å². The Morgan fingerprint density at radius 1 is 1.26 bits per heavy atom. The number of nitrogens with zero attached hydrogens (tertiary/aromatic N) is 1. The van der Waals surface area contributed by atoms with Crippen LogP contribution < -0.4 is 20.7 Å². The van der Waals surface area contributed by atoms with Crippen LogP contribution in [0.4, 0.5) is 10.5 Å². The van der Waals surface area contributed by atoms with Crippen LogP contribution in [0.15, 0.2) is 53.7 Å². The maximum absolute atomic E-state index is 13.0. The summed E-state index contributed by atoms with van der Waals surface area (Å²) in [5.74, 6) is -1.23. The summed E-state index contributed by atoms with van der Waals surface area (Å²) < 4.78 is 5.28. The fourth-order valence-corrected chi connectivity index (χ4v) is 3.39. The number of benzene rings is 2. The summed E-state index contributed by atoms with van der Waals surface area (Å²) in [5.41, 5.74) is 0.750. The van der Waals surface area contributed by atoms with Gasteiger partial charge in [0.1, 0.15) is 0 Å². The van der Waals surface area contributed by atoms with E-state index in [1.165, 1.54) is 12.1 Å². The largest absolute Gasteiger partial charge is 0.504 e. The zero-order valence-corrected chi connectivity index (χ0v) is 17.0. The molecule has 0 fully saturated rings. The minimum Gasteiger partial charge on any atom is -0.504 e. The fraction of sp³-hybridized carbons (Fsp3) is 0.238. The Balaban J connectivity index is 2.03. The van der Waals surface area contributed by atoms with Gasteiger partial charge >= 0.3 is 11.7 Å². The molecular formula is C21H22N4O6. The molecule has 162 valence electrons. The first-order chi connectivity index (χ1) is 14.8. The van der Waals surface area contributed by atoms with Crippen LogP contribution in [0.3, 0.4) is 0 Å².